The van der Waals surface area contributed by atoms with Gasteiger partial charge in [-0.3, -0.25) is 9.59 Å². The van der Waals surface area contributed by atoms with Gasteiger partial charge in [0.25, 0.3) is 5.91 Å². The number of amides is 2. The highest BCUT2D eigenvalue weighted by molar-refractivity contribution is 7.21. The van der Waals surface area contributed by atoms with Gasteiger partial charge in [-0.15, -0.1) is 22.7 Å². The van der Waals surface area contributed by atoms with Crippen LogP contribution in [0.15, 0.2) is 30.6 Å². The molecule has 1 N–H and O–H groups in total. The quantitative estimate of drug-likeness (QED) is 0.426. The van der Waals surface area contributed by atoms with E-state index in [0.717, 1.165) is 6.20 Å². The van der Waals surface area contributed by atoms with Gasteiger partial charge in [0.2, 0.25) is 5.91 Å². The summed E-state index contributed by atoms with van der Waals surface area (Å²) >= 11 is 1.69. The molecule has 0 fully saturated rings. The van der Waals surface area contributed by atoms with Crippen LogP contribution in [-0.4, -0.2) is 46.1 Å². The number of nitrogens with one attached hydrogen (secondary N) is 1. The highest BCUT2D eigenvalue weighted by Crippen LogP contribution is 2.38. The van der Waals surface area contributed by atoms with E-state index in [4.69, 9.17) is 4.74 Å². The number of benzene rings is 1. The normalized spacial score (nSPS) is 14.1. The first-order valence-corrected chi connectivity index (χ1v) is 12.0. The molecule has 3 aromatic rings. The number of alkyl halides is 3. The molecular weight excluding hydrogens is 505 g/mol. The molecule has 1 aromatic carbocycles. The highest BCUT2D eigenvalue weighted by atomic mass is 32.1. The molecule has 1 atom stereocenters. The van der Waals surface area contributed by atoms with E-state index in [0.29, 0.717) is 44.4 Å². The zero-order valence-electron chi connectivity index (χ0n) is 18.3. The first-order valence-electron chi connectivity index (χ1n) is 10.4. The maximum atomic E-state index is 13.0. The summed E-state index contributed by atoms with van der Waals surface area (Å²) in [4.78, 5) is 45.4. The van der Waals surface area contributed by atoms with E-state index >= 15 is 0 Å². The lowest BCUT2D eigenvalue weighted by Gasteiger charge is -2.25. The Kier molecular flexibility index (Phi) is 7.17. The molecule has 1 unspecified atom stereocenters. The molecule has 2 aromatic heterocycles. The minimum absolute atomic E-state index is 0.0871. The summed E-state index contributed by atoms with van der Waals surface area (Å²) < 4.78 is 44.4. The smallest absolute Gasteiger partial charge is 0.427 e. The number of aldehydes is 1. The molecule has 13 heteroatoms. The number of fused-ring (bicyclic) bond motifs is 1. The molecule has 1 aliphatic rings. The van der Waals surface area contributed by atoms with Gasteiger partial charge in [0, 0.05) is 30.8 Å². The highest BCUT2D eigenvalue weighted by Gasteiger charge is 2.37. The molecular formula is C22H19F3N4O4S2. The van der Waals surface area contributed by atoms with Crippen molar-refractivity contribution in [3.63, 3.8) is 0 Å². The molecule has 0 bridgehead atoms. The van der Waals surface area contributed by atoms with Crippen LogP contribution in [0.4, 0.5) is 13.2 Å². The van der Waals surface area contributed by atoms with Crippen molar-refractivity contribution in [1.82, 2.24) is 20.2 Å². The van der Waals surface area contributed by atoms with Gasteiger partial charge in [0.1, 0.15) is 29.6 Å². The van der Waals surface area contributed by atoms with Crippen molar-refractivity contribution in [2.45, 2.75) is 38.2 Å². The van der Waals surface area contributed by atoms with Gasteiger partial charge < -0.3 is 19.7 Å². The fraction of sp³-hybridized carbons (Fsp3) is 0.318. The zero-order valence-corrected chi connectivity index (χ0v) is 19.9. The second-order valence-electron chi connectivity index (χ2n) is 7.54. The molecule has 1 aliphatic heterocycles. The Balaban J connectivity index is 1.48. The summed E-state index contributed by atoms with van der Waals surface area (Å²) in [6.45, 7) is 0.235. The van der Waals surface area contributed by atoms with E-state index in [1.807, 2.05) is 0 Å². The topological polar surface area (TPSA) is 101 Å². The lowest BCUT2D eigenvalue weighted by Crippen LogP contribution is -2.46. The number of nitrogens with zero attached hydrogens (tertiary/aromatic N) is 3. The molecule has 3 heterocycles. The van der Waals surface area contributed by atoms with Crippen molar-refractivity contribution in [2.24, 2.45) is 0 Å². The third-order valence-corrected chi connectivity index (χ3v) is 7.48. The summed E-state index contributed by atoms with van der Waals surface area (Å²) in [6, 6.07) is 4.23. The van der Waals surface area contributed by atoms with Gasteiger partial charge in [-0.2, -0.15) is 13.2 Å². The SMILES string of the molecule is CNC(=O)C(CCC=O)N1Cc2c(OCc3cnc(-c4ncc(C(F)(F)F)s4)s3)cccc2C1=O. The predicted molar refractivity (Wildman–Crippen MR) is 122 cm³/mol. The second kappa shape index (κ2) is 10.1. The van der Waals surface area contributed by atoms with E-state index < -0.39 is 17.1 Å². The Hall–Kier alpha value is -3.32. The minimum atomic E-state index is -4.46. The number of carbonyl (C=O) groups excluding carboxylic acids is 3. The fourth-order valence-corrected chi connectivity index (χ4v) is 5.30. The van der Waals surface area contributed by atoms with E-state index in [1.165, 1.54) is 29.5 Å². The van der Waals surface area contributed by atoms with Crippen molar-refractivity contribution >= 4 is 40.8 Å². The van der Waals surface area contributed by atoms with Gasteiger partial charge in [-0.25, -0.2) is 9.97 Å². The van der Waals surface area contributed by atoms with Crippen LogP contribution in [0.25, 0.3) is 10.0 Å². The predicted octanol–water partition coefficient (Wildman–Crippen LogP) is 3.91. The van der Waals surface area contributed by atoms with Gasteiger partial charge in [0.15, 0.2) is 10.0 Å². The number of rotatable bonds is 9. The van der Waals surface area contributed by atoms with Crippen molar-refractivity contribution in [1.29, 1.82) is 0 Å². The fourth-order valence-electron chi connectivity index (χ4n) is 3.66. The summed E-state index contributed by atoms with van der Waals surface area (Å²) in [7, 11) is 1.47. The molecule has 184 valence electrons. The van der Waals surface area contributed by atoms with Crippen LogP contribution < -0.4 is 10.1 Å². The molecule has 8 nitrogen and oxygen atoms in total. The molecule has 0 spiro atoms. The number of aromatic nitrogens is 2. The molecule has 2 amide bonds. The molecule has 0 aliphatic carbocycles. The number of carbonyl (C=O) groups is 3. The molecule has 0 radical (unpaired) electrons. The Morgan fingerprint density at radius 3 is 2.69 bits per heavy atom. The largest absolute Gasteiger partial charge is 0.488 e. The molecule has 35 heavy (non-hydrogen) atoms. The standard InChI is InChI=1S/C22H19F3N4O4S2/c1-26-18(31)15(5-3-7-30)29-10-14-13(21(29)32)4-2-6-16(14)33-11-12-8-27-19(34-12)20-28-9-17(35-20)22(23,24)25/h2,4,6-9,15H,3,5,10-11H2,1H3,(H,26,31). The van der Waals surface area contributed by atoms with Gasteiger partial charge in [-0.05, 0) is 18.6 Å². The first-order chi connectivity index (χ1) is 16.7. The zero-order chi connectivity index (χ0) is 25.2. The number of hydrogen-bond acceptors (Lipinski definition) is 8. The van der Waals surface area contributed by atoms with Crippen LogP contribution in [0.2, 0.25) is 0 Å². The lowest BCUT2D eigenvalue weighted by molar-refractivity contribution is -0.134. The van der Waals surface area contributed by atoms with Crippen molar-refractivity contribution < 1.29 is 32.3 Å². The van der Waals surface area contributed by atoms with E-state index in [2.05, 4.69) is 15.3 Å². The van der Waals surface area contributed by atoms with Crippen molar-refractivity contribution in [3.05, 3.63) is 51.5 Å². The monoisotopic (exact) mass is 524 g/mol. The Morgan fingerprint density at radius 2 is 2.00 bits per heavy atom. The van der Waals surface area contributed by atoms with Crippen LogP contribution in [-0.2, 0) is 28.9 Å². The average molecular weight is 525 g/mol. The van der Waals surface area contributed by atoms with Gasteiger partial charge in [-0.1, -0.05) is 6.07 Å². The third kappa shape index (κ3) is 5.20. The average Bonchev–Trinajstić information content (AvgIpc) is 3.57. The van der Waals surface area contributed by atoms with Gasteiger partial charge in [0.05, 0.1) is 17.6 Å². The Bertz CT molecular complexity index is 1260. The first kappa shape index (κ1) is 24.8. The Labute approximate surface area is 205 Å². The van der Waals surface area contributed by atoms with E-state index in [1.54, 1.807) is 18.2 Å². The van der Waals surface area contributed by atoms with Gasteiger partial charge >= 0.3 is 6.18 Å². The maximum Gasteiger partial charge on any atom is 0.427 e. The number of hydrogen-bond donors (Lipinski definition) is 1. The number of thiazole rings is 2. The molecule has 0 saturated carbocycles. The second-order valence-corrected chi connectivity index (χ2v) is 9.68. The molecule has 4 rings (SSSR count). The van der Waals surface area contributed by atoms with E-state index in [9.17, 15) is 27.6 Å². The third-order valence-electron chi connectivity index (χ3n) is 5.33. The van der Waals surface area contributed by atoms with Crippen LogP contribution in [0.3, 0.4) is 0 Å². The van der Waals surface area contributed by atoms with Crippen molar-refractivity contribution in [2.75, 3.05) is 7.05 Å². The Morgan fingerprint density at radius 1 is 1.26 bits per heavy atom. The number of halogens is 3. The van der Waals surface area contributed by atoms with Crippen LogP contribution in [0.1, 0.15) is 38.5 Å². The summed E-state index contributed by atoms with van der Waals surface area (Å²) in [5, 5.41) is 3.06. The maximum absolute atomic E-state index is 13.0. The van der Waals surface area contributed by atoms with Crippen LogP contribution in [0, 0.1) is 0 Å². The van der Waals surface area contributed by atoms with Crippen LogP contribution in [0.5, 0.6) is 5.75 Å². The van der Waals surface area contributed by atoms with E-state index in [-0.39, 0.29) is 42.8 Å². The van der Waals surface area contributed by atoms with Crippen LogP contribution >= 0.6 is 22.7 Å². The van der Waals surface area contributed by atoms with Crippen molar-refractivity contribution in [3.8, 4) is 15.8 Å². The summed E-state index contributed by atoms with van der Waals surface area (Å²) in [5.74, 6) is -0.231. The lowest BCUT2D eigenvalue weighted by atomic mass is 10.1. The minimum Gasteiger partial charge on any atom is -0.488 e. The summed E-state index contributed by atoms with van der Waals surface area (Å²) in [5.41, 5.74) is 1.03. The number of ether oxygens (including phenoxy) is 1. The number of likely N-dealkylation sites (N-methyl/N-ethyl adjacent to an activating group) is 1. The molecule has 0 saturated heterocycles. The summed E-state index contributed by atoms with van der Waals surface area (Å²) in [6.07, 6.45) is -1.11.